The summed E-state index contributed by atoms with van der Waals surface area (Å²) in [7, 11) is 0. The van der Waals surface area contributed by atoms with Gasteiger partial charge in [-0.1, -0.05) is 104 Å². The topological polar surface area (TPSA) is 43.4 Å². The van der Waals surface area contributed by atoms with E-state index in [0.29, 0.717) is 12.8 Å². The number of rotatable bonds is 21. The Balaban J connectivity index is 3.64. The van der Waals surface area contributed by atoms with Gasteiger partial charge in [-0.15, -0.1) is 0 Å². The number of hydrogen-bond donors (Lipinski definition) is 0. The molecule has 0 aromatic carbocycles. The van der Waals surface area contributed by atoms with Crippen LogP contribution in [0.2, 0.25) is 0 Å². The fourth-order valence-corrected chi connectivity index (χ4v) is 3.49. The molecule has 3 nitrogen and oxygen atoms in total. The van der Waals surface area contributed by atoms with Crippen molar-refractivity contribution in [1.29, 1.82) is 0 Å². The van der Waals surface area contributed by atoms with Crippen molar-refractivity contribution in [2.24, 2.45) is 0 Å². The maximum absolute atomic E-state index is 12.0. The van der Waals surface area contributed by atoms with E-state index in [4.69, 9.17) is 4.74 Å². The molecule has 0 N–H and O–H groups in total. The van der Waals surface area contributed by atoms with Crippen LogP contribution in [0.1, 0.15) is 136 Å². The average Bonchev–Trinajstić information content (AvgIpc) is 2.66. The molecule has 0 fully saturated rings. The first-order valence-corrected chi connectivity index (χ1v) is 11.9. The lowest BCUT2D eigenvalue weighted by Gasteiger charge is -2.15. The summed E-state index contributed by atoms with van der Waals surface area (Å²) >= 11 is 0. The fourth-order valence-electron chi connectivity index (χ4n) is 3.49. The van der Waals surface area contributed by atoms with Crippen molar-refractivity contribution in [2.75, 3.05) is 0 Å². The van der Waals surface area contributed by atoms with Crippen LogP contribution in [0.3, 0.4) is 0 Å². The van der Waals surface area contributed by atoms with Crippen molar-refractivity contribution >= 4 is 12.3 Å². The Labute approximate surface area is 169 Å². The van der Waals surface area contributed by atoms with Gasteiger partial charge in [-0.05, 0) is 19.3 Å². The van der Waals surface area contributed by atoms with Gasteiger partial charge in [0.05, 0.1) is 0 Å². The predicted molar refractivity (Wildman–Crippen MR) is 115 cm³/mol. The van der Waals surface area contributed by atoms with Gasteiger partial charge < -0.3 is 9.53 Å². The van der Waals surface area contributed by atoms with E-state index in [0.717, 1.165) is 32.0 Å². The third-order valence-electron chi connectivity index (χ3n) is 5.27. The molecular weight excluding hydrogens is 336 g/mol. The normalized spacial score (nSPS) is 12.1. The quantitative estimate of drug-likeness (QED) is 0.117. The lowest BCUT2D eigenvalue weighted by molar-refractivity contribution is -0.150. The van der Waals surface area contributed by atoms with Crippen molar-refractivity contribution in [3.8, 4) is 0 Å². The molecule has 1 atom stereocenters. The Morgan fingerprint density at radius 1 is 0.704 bits per heavy atom. The molecule has 0 saturated carbocycles. The summed E-state index contributed by atoms with van der Waals surface area (Å²) in [5.41, 5.74) is 0. The van der Waals surface area contributed by atoms with Gasteiger partial charge in [0, 0.05) is 12.8 Å². The van der Waals surface area contributed by atoms with E-state index in [2.05, 4.69) is 13.8 Å². The molecule has 27 heavy (non-hydrogen) atoms. The zero-order chi connectivity index (χ0) is 20.0. The zero-order valence-electron chi connectivity index (χ0n) is 18.3. The third-order valence-corrected chi connectivity index (χ3v) is 5.27. The largest absolute Gasteiger partial charge is 0.462 e. The Hall–Kier alpha value is -0.860. The van der Waals surface area contributed by atoms with E-state index < -0.39 is 0 Å². The zero-order valence-corrected chi connectivity index (χ0v) is 18.3. The van der Waals surface area contributed by atoms with E-state index >= 15 is 0 Å². The number of carbonyl (C=O) groups excluding carboxylic acids is 2. The minimum Gasteiger partial charge on any atom is -0.462 e. The monoisotopic (exact) mass is 382 g/mol. The van der Waals surface area contributed by atoms with Gasteiger partial charge in [0.2, 0.25) is 0 Å². The minimum atomic E-state index is -0.205. The Morgan fingerprint density at radius 3 is 1.63 bits per heavy atom. The lowest BCUT2D eigenvalue weighted by atomic mass is 10.0. The van der Waals surface area contributed by atoms with Crippen molar-refractivity contribution in [3.63, 3.8) is 0 Å². The molecule has 0 aliphatic rings. The molecule has 0 spiro atoms. The average molecular weight is 383 g/mol. The summed E-state index contributed by atoms with van der Waals surface area (Å²) in [5.74, 6) is -0.119. The van der Waals surface area contributed by atoms with Crippen LogP contribution in [-0.2, 0) is 14.3 Å². The van der Waals surface area contributed by atoms with Crippen LogP contribution in [0.15, 0.2) is 0 Å². The van der Waals surface area contributed by atoms with E-state index in [1.165, 1.54) is 83.5 Å². The maximum Gasteiger partial charge on any atom is 0.306 e. The summed E-state index contributed by atoms with van der Waals surface area (Å²) < 4.78 is 5.54. The molecule has 0 heterocycles. The van der Waals surface area contributed by atoms with Crippen LogP contribution in [0, 0.1) is 0 Å². The van der Waals surface area contributed by atoms with Gasteiger partial charge >= 0.3 is 5.97 Å². The molecule has 0 radical (unpaired) electrons. The number of aldehydes is 1. The summed E-state index contributed by atoms with van der Waals surface area (Å²) in [6.07, 6.45) is 22.3. The first-order valence-electron chi connectivity index (χ1n) is 11.9. The first-order chi connectivity index (χ1) is 13.2. The van der Waals surface area contributed by atoms with Gasteiger partial charge in [0.25, 0.3) is 0 Å². The van der Waals surface area contributed by atoms with Crippen LogP contribution in [0.4, 0.5) is 0 Å². The summed E-state index contributed by atoms with van der Waals surface area (Å²) in [6.45, 7) is 4.47. The predicted octanol–water partition coefficient (Wildman–Crippen LogP) is 7.55. The third kappa shape index (κ3) is 19.7. The van der Waals surface area contributed by atoms with Crippen LogP contribution in [0.25, 0.3) is 0 Å². The number of carbonyl (C=O) groups is 2. The number of hydrogen-bond acceptors (Lipinski definition) is 3. The second-order valence-electron chi connectivity index (χ2n) is 8.00. The number of ether oxygens (including phenoxy) is 1. The van der Waals surface area contributed by atoms with Crippen LogP contribution < -0.4 is 0 Å². The molecule has 3 heteroatoms. The van der Waals surface area contributed by atoms with Gasteiger partial charge in [-0.25, -0.2) is 0 Å². The lowest BCUT2D eigenvalue weighted by Crippen LogP contribution is -2.18. The van der Waals surface area contributed by atoms with E-state index in [1.54, 1.807) is 0 Å². The van der Waals surface area contributed by atoms with Crippen LogP contribution in [0.5, 0.6) is 0 Å². The van der Waals surface area contributed by atoms with Crippen molar-refractivity contribution in [1.82, 2.24) is 0 Å². The molecular formula is C24H46O3. The SMILES string of the molecule is CCCCCCCCCCC[C@H](CC=O)OC(=O)CCCCCCCCC. The van der Waals surface area contributed by atoms with Crippen molar-refractivity contribution in [3.05, 3.63) is 0 Å². The Morgan fingerprint density at radius 2 is 1.15 bits per heavy atom. The second-order valence-corrected chi connectivity index (χ2v) is 8.00. The van der Waals surface area contributed by atoms with Crippen molar-refractivity contribution in [2.45, 2.75) is 142 Å². The van der Waals surface area contributed by atoms with Gasteiger partial charge in [-0.3, -0.25) is 4.79 Å². The molecule has 0 bridgehead atoms. The molecule has 0 unspecified atom stereocenters. The second kappa shape index (κ2) is 21.4. The van der Waals surface area contributed by atoms with Gasteiger partial charge in [0.1, 0.15) is 12.4 Å². The molecule has 0 aromatic heterocycles. The highest BCUT2D eigenvalue weighted by atomic mass is 16.5. The molecule has 0 rings (SSSR count). The Bertz CT molecular complexity index is 328. The minimum absolute atomic E-state index is 0.119. The fraction of sp³-hybridized carbons (Fsp3) is 0.917. The van der Waals surface area contributed by atoms with Gasteiger partial charge in [-0.2, -0.15) is 0 Å². The molecule has 0 aliphatic heterocycles. The summed E-state index contributed by atoms with van der Waals surface area (Å²) in [5, 5.41) is 0. The maximum atomic E-state index is 12.0. The molecule has 0 amide bonds. The molecule has 160 valence electrons. The first kappa shape index (κ1) is 26.1. The standard InChI is InChI=1S/C24H46O3/c1-3-5-7-9-11-12-14-15-17-19-23(21-22-25)27-24(26)20-18-16-13-10-8-6-4-2/h22-23H,3-21H2,1-2H3/t23-/m1/s1. The number of unbranched alkanes of at least 4 members (excludes halogenated alkanes) is 14. The van der Waals surface area contributed by atoms with E-state index in [9.17, 15) is 9.59 Å². The molecule has 0 aromatic rings. The highest BCUT2D eigenvalue weighted by Crippen LogP contribution is 2.15. The highest BCUT2D eigenvalue weighted by molar-refractivity contribution is 5.69. The molecule has 0 aliphatic carbocycles. The molecule has 0 saturated heterocycles. The van der Waals surface area contributed by atoms with Crippen LogP contribution in [-0.4, -0.2) is 18.4 Å². The summed E-state index contributed by atoms with van der Waals surface area (Å²) in [6, 6.07) is 0. The van der Waals surface area contributed by atoms with E-state index in [-0.39, 0.29) is 12.1 Å². The highest BCUT2D eigenvalue weighted by Gasteiger charge is 2.13. The van der Waals surface area contributed by atoms with E-state index in [1.807, 2.05) is 0 Å². The Kier molecular flexibility index (Phi) is 20.8. The van der Waals surface area contributed by atoms with Crippen molar-refractivity contribution < 1.29 is 14.3 Å². The van der Waals surface area contributed by atoms with Crippen LogP contribution >= 0.6 is 0 Å². The smallest absolute Gasteiger partial charge is 0.306 e. The number of esters is 1. The van der Waals surface area contributed by atoms with Gasteiger partial charge in [0.15, 0.2) is 0 Å². The summed E-state index contributed by atoms with van der Waals surface area (Å²) in [4.78, 5) is 22.8.